The number of fused-ring (bicyclic) bond motifs is 4. The molecular formula is C21H21FN4O3. The van der Waals surface area contributed by atoms with E-state index in [-0.39, 0.29) is 30.0 Å². The van der Waals surface area contributed by atoms with Crippen LogP contribution in [-0.4, -0.2) is 47.6 Å². The van der Waals surface area contributed by atoms with E-state index in [1.807, 2.05) is 6.92 Å². The number of ether oxygens (including phenoxy) is 2. The second-order valence-electron chi connectivity index (χ2n) is 7.70. The third-order valence-electron chi connectivity index (χ3n) is 6.18. The minimum Gasteiger partial charge on any atom is -0.489 e. The van der Waals surface area contributed by atoms with Crippen LogP contribution in [0, 0.1) is 11.9 Å². The molecule has 4 heterocycles. The lowest BCUT2D eigenvalue weighted by molar-refractivity contribution is -0.149. The largest absolute Gasteiger partial charge is 0.489 e. The first-order valence-electron chi connectivity index (χ1n) is 9.60. The van der Waals surface area contributed by atoms with Crippen molar-refractivity contribution in [1.29, 1.82) is 0 Å². The summed E-state index contributed by atoms with van der Waals surface area (Å²) in [4.78, 5) is 23.3. The number of rotatable bonds is 1. The lowest BCUT2D eigenvalue weighted by Crippen LogP contribution is -2.58. The lowest BCUT2D eigenvalue weighted by atomic mass is 9.68. The first-order valence-corrected chi connectivity index (χ1v) is 9.60. The van der Waals surface area contributed by atoms with E-state index in [1.54, 1.807) is 37.4 Å². The van der Waals surface area contributed by atoms with Gasteiger partial charge in [-0.05, 0) is 36.8 Å². The fourth-order valence-electron chi connectivity index (χ4n) is 4.79. The maximum atomic E-state index is 14.3. The van der Waals surface area contributed by atoms with Gasteiger partial charge in [0.1, 0.15) is 11.9 Å². The van der Waals surface area contributed by atoms with Crippen LogP contribution in [0.3, 0.4) is 0 Å². The zero-order valence-corrected chi connectivity index (χ0v) is 16.1. The standard InChI is InChI=1S/C21H21FN4O3/c1-11-17-16(7-9-28-11)29-15-6-5-12(13-4-3-8-24-18(13)22)10-14(15)21(17)19(27)26(2)20(23)25-21/h3-6,8,10-11,16-17H,7,9H2,1-2H3,(H2,23,25)/t11-,16?,17?,21+/m1/s1. The summed E-state index contributed by atoms with van der Waals surface area (Å²) in [6.07, 6.45) is 1.57. The molecule has 8 heteroatoms. The molecule has 1 aromatic carbocycles. The number of nitrogens with two attached hydrogens (primary N) is 1. The van der Waals surface area contributed by atoms with Gasteiger partial charge >= 0.3 is 0 Å². The second kappa shape index (κ2) is 6.25. The topological polar surface area (TPSA) is 90.0 Å². The fraction of sp³-hybridized carbons (Fsp3) is 0.381. The Balaban J connectivity index is 1.76. The quantitative estimate of drug-likeness (QED) is 0.746. The van der Waals surface area contributed by atoms with Gasteiger partial charge in [-0.1, -0.05) is 6.07 Å². The van der Waals surface area contributed by atoms with Crippen molar-refractivity contribution in [3.63, 3.8) is 0 Å². The molecule has 2 unspecified atom stereocenters. The Bertz CT molecular complexity index is 1040. The average Bonchev–Trinajstić information content (AvgIpc) is 2.93. The zero-order valence-electron chi connectivity index (χ0n) is 16.1. The van der Waals surface area contributed by atoms with E-state index in [0.29, 0.717) is 35.5 Å². The third kappa shape index (κ3) is 2.42. The van der Waals surface area contributed by atoms with E-state index < -0.39 is 11.5 Å². The van der Waals surface area contributed by atoms with E-state index >= 15 is 0 Å². The van der Waals surface area contributed by atoms with Crippen LogP contribution in [0.4, 0.5) is 4.39 Å². The van der Waals surface area contributed by atoms with E-state index in [2.05, 4.69) is 9.98 Å². The summed E-state index contributed by atoms with van der Waals surface area (Å²) in [6.45, 7) is 2.48. The monoisotopic (exact) mass is 396 g/mol. The molecule has 0 aliphatic carbocycles. The molecule has 29 heavy (non-hydrogen) atoms. The van der Waals surface area contributed by atoms with Crippen molar-refractivity contribution in [3.05, 3.63) is 48.0 Å². The summed E-state index contributed by atoms with van der Waals surface area (Å²) >= 11 is 0. The van der Waals surface area contributed by atoms with Crippen molar-refractivity contribution < 1.29 is 18.7 Å². The number of carbonyl (C=O) groups is 1. The van der Waals surface area contributed by atoms with Crippen LogP contribution in [0.5, 0.6) is 5.75 Å². The molecule has 1 spiro atoms. The maximum Gasteiger partial charge on any atom is 0.262 e. The van der Waals surface area contributed by atoms with Gasteiger partial charge in [0.15, 0.2) is 11.5 Å². The molecule has 7 nitrogen and oxygen atoms in total. The summed E-state index contributed by atoms with van der Waals surface area (Å²) in [7, 11) is 1.61. The molecule has 2 N–H and O–H groups in total. The number of likely N-dealkylation sites (N-methyl/N-ethyl adjacent to an activating group) is 1. The molecule has 0 saturated carbocycles. The minimum absolute atomic E-state index is 0.150. The molecule has 1 saturated heterocycles. The van der Waals surface area contributed by atoms with E-state index in [4.69, 9.17) is 15.2 Å². The summed E-state index contributed by atoms with van der Waals surface area (Å²) in [6, 6.07) is 8.62. The molecule has 1 aromatic heterocycles. The molecule has 3 aliphatic rings. The number of nitrogens with zero attached hydrogens (tertiary/aromatic N) is 3. The summed E-state index contributed by atoms with van der Waals surface area (Å²) in [5, 5.41) is 0. The Kier molecular flexibility index (Phi) is 3.89. The molecule has 1 amide bonds. The van der Waals surface area contributed by atoms with Gasteiger partial charge in [-0.3, -0.25) is 9.69 Å². The van der Waals surface area contributed by atoms with Gasteiger partial charge in [0, 0.05) is 30.8 Å². The van der Waals surface area contributed by atoms with Crippen LogP contribution in [0.25, 0.3) is 11.1 Å². The van der Waals surface area contributed by atoms with Crippen LogP contribution in [0.2, 0.25) is 0 Å². The first-order chi connectivity index (χ1) is 13.9. The van der Waals surface area contributed by atoms with Gasteiger partial charge in [-0.25, -0.2) is 9.98 Å². The Labute approximate surface area is 167 Å². The number of hydrogen-bond donors (Lipinski definition) is 1. The Hall–Kier alpha value is -3.00. The van der Waals surface area contributed by atoms with Crippen molar-refractivity contribution in [2.75, 3.05) is 13.7 Å². The number of amides is 1. The van der Waals surface area contributed by atoms with Crippen molar-refractivity contribution in [1.82, 2.24) is 9.88 Å². The Morgan fingerprint density at radius 1 is 1.34 bits per heavy atom. The Morgan fingerprint density at radius 2 is 2.17 bits per heavy atom. The van der Waals surface area contributed by atoms with Crippen LogP contribution >= 0.6 is 0 Å². The molecular weight excluding hydrogens is 375 g/mol. The van der Waals surface area contributed by atoms with E-state index in [1.165, 1.54) is 11.1 Å². The minimum atomic E-state index is -1.26. The number of guanidine groups is 1. The van der Waals surface area contributed by atoms with Gasteiger partial charge in [0.25, 0.3) is 5.91 Å². The van der Waals surface area contributed by atoms with Crippen molar-refractivity contribution in [3.8, 4) is 16.9 Å². The van der Waals surface area contributed by atoms with Crippen LogP contribution in [0.1, 0.15) is 18.9 Å². The smallest absolute Gasteiger partial charge is 0.262 e. The molecule has 5 rings (SSSR count). The fourth-order valence-corrected chi connectivity index (χ4v) is 4.79. The normalized spacial score (nSPS) is 30.6. The highest BCUT2D eigenvalue weighted by Gasteiger charge is 2.62. The van der Waals surface area contributed by atoms with E-state index in [9.17, 15) is 9.18 Å². The summed E-state index contributed by atoms with van der Waals surface area (Å²) < 4.78 is 26.5. The predicted octanol–water partition coefficient (Wildman–Crippen LogP) is 2.06. The van der Waals surface area contributed by atoms with Crippen molar-refractivity contribution in [2.45, 2.75) is 31.1 Å². The van der Waals surface area contributed by atoms with Crippen LogP contribution in [0.15, 0.2) is 41.5 Å². The van der Waals surface area contributed by atoms with Crippen molar-refractivity contribution >= 4 is 11.9 Å². The number of pyridine rings is 1. The predicted molar refractivity (Wildman–Crippen MR) is 104 cm³/mol. The molecule has 2 aromatic rings. The third-order valence-corrected chi connectivity index (χ3v) is 6.18. The zero-order chi connectivity index (χ0) is 20.3. The van der Waals surface area contributed by atoms with Gasteiger partial charge in [0.05, 0.1) is 18.6 Å². The molecule has 3 aliphatic heterocycles. The highest BCUT2D eigenvalue weighted by molar-refractivity contribution is 6.07. The Morgan fingerprint density at radius 3 is 2.90 bits per heavy atom. The van der Waals surface area contributed by atoms with Crippen LogP contribution in [-0.2, 0) is 15.1 Å². The number of halogens is 1. The van der Waals surface area contributed by atoms with Gasteiger partial charge in [0.2, 0.25) is 5.95 Å². The molecule has 0 bridgehead atoms. The lowest BCUT2D eigenvalue weighted by Gasteiger charge is -2.48. The van der Waals surface area contributed by atoms with Crippen molar-refractivity contribution in [2.24, 2.45) is 16.6 Å². The number of carbonyl (C=O) groups excluding carboxylic acids is 1. The SMILES string of the molecule is C[C@H]1OCCC2Oc3ccc(-c4cccnc4F)cc3[C@]3(N=C(N)N(C)C3=O)C21. The highest BCUT2D eigenvalue weighted by Crippen LogP contribution is 2.53. The average molecular weight is 396 g/mol. The molecule has 1 fully saturated rings. The molecule has 150 valence electrons. The van der Waals surface area contributed by atoms with E-state index in [0.717, 1.165) is 0 Å². The first kappa shape index (κ1) is 18.1. The number of benzene rings is 1. The molecule has 0 radical (unpaired) electrons. The van der Waals surface area contributed by atoms with Gasteiger partial charge in [-0.2, -0.15) is 4.39 Å². The summed E-state index contributed by atoms with van der Waals surface area (Å²) in [5.41, 5.74) is 6.33. The summed E-state index contributed by atoms with van der Waals surface area (Å²) in [5.74, 6) is -0.432. The maximum absolute atomic E-state index is 14.3. The number of aliphatic imine (C=N–C) groups is 1. The second-order valence-corrected chi connectivity index (χ2v) is 7.70. The molecule has 4 atom stereocenters. The van der Waals surface area contributed by atoms with Crippen LogP contribution < -0.4 is 10.5 Å². The highest BCUT2D eigenvalue weighted by atomic mass is 19.1. The number of aromatic nitrogens is 1. The number of hydrogen-bond acceptors (Lipinski definition) is 6. The van der Waals surface area contributed by atoms with Gasteiger partial charge in [-0.15, -0.1) is 0 Å². The van der Waals surface area contributed by atoms with Gasteiger partial charge < -0.3 is 15.2 Å².